The highest BCUT2D eigenvalue weighted by Gasteiger charge is 2.45. The molecule has 0 aliphatic heterocycles. The molecule has 1 saturated carbocycles. The van der Waals surface area contributed by atoms with Crippen LogP contribution in [0.5, 0.6) is 6.01 Å². The topological polar surface area (TPSA) is 186 Å². The lowest BCUT2D eigenvalue weighted by Gasteiger charge is -2.26. The molecule has 1 aromatic heterocycles. The van der Waals surface area contributed by atoms with Gasteiger partial charge in [-0.2, -0.15) is 28.1 Å². The Labute approximate surface area is 323 Å². The second-order valence-corrected chi connectivity index (χ2v) is 13.9. The highest BCUT2D eigenvalue weighted by molar-refractivity contribution is 6.35. The molecule has 1 fully saturated rings. The van der Waals surface area contributed by atoms with Gasteiger partial charge in [0.1, 0.15) is 11.9 Å². The van der Waals surface area contributed by atoms with Gasteiger partial charge in [0.25, 0.3) is 5.91 Å². The number of amides is 3. The number of methoxy groups -OCH3 is 1. The van der Waals surface area contributed by atoms with Crippen LogP contribution in [0.1, 0.15) is 48.2 Å². The third-order valence-electron chi connectivity index (χ3n) is 8.36. The van der Waals surface area contributed by atoms with Gasteiger partial charge in [-0.25, -0.2) is 9.18 Å². The van der Waals surface area contributed by atoms with Gasteiger partial charge in [0.05, 0.1) is 12.6 Å². The summed E-state index contributed by atoms with van der Waals surface area (Å²) in [6.45, 7) is 1.23. The summed E-state index contributed by atoms with van der Waals surface area (Å²) < 4.78 is 61.7. The number of benzene rings is 3. The highest BCUT2D eigenvalue weighted by atomic mass is 35.5. The number of rotatable bonds is 15. The van der Waals surface area contributed by atoms with E-state index in [0.29, 0.717) is 30.0 Å². The quantitative estimate of drug-likeness (QED) is 0.0621. The van der Waals surface area contributed by atoms with E-state index in [2.05, 4.69) is 41.5 Å². The van der Waals surface area contributed by atoms with Crippen LogP contribution < -0.4 is 31.3 Å². The van der Waals surface area contributed by atoms with E-state index in [4.69, 9.17) is 21.1 Å². The first-order chi connectivity index (χ1) is 26.4. The Kier molecular flexibility index (Phi) is 12.6. The summed E-state index contributed by atoms with van der Waals surface area (Å²) in [7, 11) is 1.08. The molecule has 1 heterocycles. The molecule has 5 N–H and O–H groups in total. The Morgan fingerprint density at radius 2 is 1.52 bits per heavy atom. The van der Waals surface area contributed by atoms with Crippen LogP contribution >= 0.6 is 11.6 Å². The Hall–Kier alpha value is -6.04. The molecular weight excluding hydrogens is 764 g/mol. The summed E-state index contributed by atoms with van der Waals surface area (Å²) in [5, 5.41) is 13.9. The normalized spacial score (nSPS) is 13.8. The first kappa shape index (κ1) is 41.1. The van der Waals surface area contributed by atoms with Crippen LogP contribution in [-0.2, 0) is 31.1 Å². The molecule has 0 radical (unpaired) electrons. The number of esters is 1. The van der Waals surface area contributed by atoms with Crippen LogP contribution in [0.2, 0.25) is 5.02 Å². The van der Waals surface area contributed by atoms with Crippen molar-refractivity contribution < 1.29 is 46.2 Å². The van der Waals surface area contributed by atoms with Crippen molar-refractivity contribution in [2.24, 2.45) is 0 Å². The van der Waals surface area contributed by atoms with Gasteiger partial charge < -0.3 is 36.1 Å². The SMILES string of the molecule is COC(=O)[C@H](CNC(=O)C(=O)NC(C)(C)Cc1ccc(F)cc1)NC(=O)c1ccc(Nc2nc(NC3(c4ccc(Cl)cc4)CC3)nc(OCC(F)(F)F)n2)cc1. The van der Waals surface area contributed by atoms with Gasteiger partial charge in [0, 0.05) is 28.4 Å². The maximum Gasteiger partial charge on any atom is 0.422 e. The van der Waals surface area contributed by atoms with Gasteiger partial charge in [-0.15, -0.1) is 0 Å². The number of carbonyl (C=O) groups excluding carboxylic acids is 4. The van der Waals surface area contributed by atoms with Crippen LogP contribution in [0.15, 0.2) is 72.8 Å². The minimum atomic E-state index is -4.65. The lowest BCUT2D eigenvalue weighted by Crippen LogP contribution is -2.54. The average molecular weight is 801 g/mol. The number of nitrogens with zero attached hydrogens (tertiary/aromatic N) is 3. The highest BCUT2D eigenvalue weighted by Crippen LogP contribution is 2.48. The molecule has 19 heteroatoms. The smallest absolute Gasteiger partial charge is 0.422 e. The van der Waals surface area contributed by atoms with Gasteiger partial charge in [-0.05, 0) is 92.8 Å². The van der Waals surface area contributed by atoms with E-state index in [1.807, 2.05) is 12.1 Å². The number of anilines is 3. The predicted molar refractivity (Wildman–Crippen MR) is 196 cm³/mol. The Balaban J connectivity index is 1.21. The van der Waals surface area contributed by atoms with E-state index < -0.39 is 72.0 Å². The number of hydrogen-bond donors (Lipinski definition) is 5. The van der Waals surface area contributed by atoms with Gasteiger partial charge in [-0.3, -0.25) is 14.4 Å². The molecule has 296 valence electrons. The maximum atomic E-state index is 13.3. The summed E-state index contributed by atoms with van der Waals surface area (Å²) in [5.41, 5.74) is 0.533. The number of halogens is 5. The van der Waals surface area contributed by atoms with Crippen LogP contribution in [0.25, 0.3) is 0 Å². The van der Waals surface area contributed by atoms with E-state index in [0.717, 1.165) is 18.2 Å². The molecule has 3 aromatic carbocycles. The monoisotopic (exact) mass is 800 g/mol. The fourth-order valence-corrected chi connectivity index (χ4v) is 5.61. The van der Waals surface area contributed by atoms with E-state index >= 15 is 0 Å². The summed E-state index contributed by atoms with van der Waals surface area (Å²) in [6, 6.07) is 16.5. The molecule has 4 aromatic rings. The van der Waals surface area contributed by atoms with Gasteiger partial charge in [-0.1, -0.05) is 35.9 Å². The summed E-state index contributed by atoms with van der Waals surface area (Å²) >= 11 is 6.03. The molecule has 1 aliphatic rings. The van der Waals surface area contributed by atoms with Gasteiger partial charge in [0.15, 0.2) is 6.61 Å². The van der Waals surface area contributed by atoms with Crippen molar-refractivity contribution in [3.8, 4) is 6.01 Å². The molecular formula is C37H37ClF4N8O6. The molecule has 0 unspecified atom stereocenters. The zero-order valence-corrected chi connectivity index (χ0v) is 31.0. The largest absolute Gasteiger partial charge is 0.467 e. The summed E-state index contributed by atoms with van der Waals surface area (Å²) in [4.78, 5) is 63.2. The lowest BCUT2D eigenvalue weighted by atomic mass is 9.95. The fraction of sp³-hybridized carbons (Fsp3) is 0.324. The molecule has 14 nitrogen and oxygen atoms in total. The number of ether oxygens (including phenoxy) is 2. The van der Waals surface area contributed by atoms with E-state index in [-0.39, 0.29) is 17.5 Å². The first-order valence-corrected chi connectivity index (χ1v) is 17.4. The second kappa shape index (κ2) is 17.2. The molecule has 0 spiro atoms. The standard InChI is InChI=1S/C37H37ClF4N8O6/c1-35(2,18-21-4-12-25(39)13-5-21)49-30(53)29(52)43-19-27(31(54)55-3)45-28(51)22-6-14-26(15-7-22)44-32-46-33(48-34(47-32)56-20-37(40,41)42)50-36(16-17-36)23-8-10-24(38)11-9-23/h4-15,27H,16-20H2,1-3H3,(H,43,52)(H,45,51)(H,49,53)(H2,44,46,47,48,50)/t27-/m0/s1. The van der Waals surface area contributed by atoms with Crippen molar-refractivity contribution >= 4 is 52.9 Å². The fourth-order valence-electron chi connectivity index (χ4n) is 5.48. The van der Waals surface area contributed by atoms with Crippen LogP contribution in [0.4, 0.5) is 35.1 Å². The number of aromatic nitrogens is 3. The van der Waals surface area contributed by atoms with Crippen LogP contribution in [0.3, 0.4) is 0 Å². The maximum absolute atomic E-state index is 13.3. The molecule has 56 heavy (non-hydrogen) atoms. The zero-order valence-electron chi connectivity index (χ0n) is 30.2. The summed E-state index contributed by atoms with van der Waals surface area (Å²) in [6.07, 6.45) is -2.97. The Morgan fingerprint density at radius 1 is 0.875 bits per heavy atom. The molecule has 0 bridgehead atoms. The third kappa shape index (κ3) is 11.7. The molecule has 5 rings (SSSR count). The number of nitrogens with one attached hydrogen (secondary N) is 5. The second-order valence-electron chi connectivity index (χ2n) is 13.5. The minimum absolute atomic E-state index is 0.0461. The van der Waals surface area contributed by atoms with Gasteiger partial charge >= 0.3 is 30.0 Å². The van der Waals surface area contributed by atoms with E-state index in [9.17, 15) is 36.7 Å². The van der Waals surface area contributed by atoms with Crippen LogP contribution in [0, 0.1) is 5.82 Å². The van der Waals surface area contributed by atoms with Crippen LogP contribution in [-0.4, -0.2) is 76.7 Å². The van der Waals surface area contributed by atoms with E-state index in [1.165, 1.54) is 36.4 Å². The molecule has 3 amide bonds. The van der Waals surface area contributed by atoms with Crippen molar-refractivity contribution in [1.82, 2.24) is 30.9 Å². The Morgan fingerprint density at radius 3 is 2.12 bits per heavy atom. The van der Waals surface area contributed by atoms with Crippen molar-refractivity contribution in [2.45, 2.75) is 56.4 Å². The van der Waals surface area contributed by atoms with Crippen molar-refractivity contribution in [2.75, 3.05) is 30.9 Å². The number of alkyl halides is 3. The Bertz CT molecular complexity index is 2050. The molecule has 1 atom stereocenters. The first-order valence-electron chi connectivity index (χ1n) is 17.0. The van der Waals surface area contributed by atoms with Crippen molar-refractivity contribution in [1.29, 1.82) is 0 Å². The van der Waals surface area contributed by atoms with Gasteiger partial charge in [0.2, 0.25) is 11.9 Å². The predicted octanol–water partition coefficient (Wildman–Crippen LogP) is 4.98. The average Bonchev–Trinajstić information content (AvgIpc) is 3.93. The minimum Gasteiger partial charge on any atom is -0.467 e. The lowest BCUT2D eigenvalue weighted by molar-refractivity contribution is -0.154. The summed E-state index contributed by atoms with van der Waals surface area (Å²) in [5.74, 6) is -4.33. The van der Waals surface area contributed by atoms with E-state index in [1.54, 1.807) is 38.1 Å². The van der Waals surface area contributed by atoms with Crippen molar-refractivity contribution in [3.05, 3.63) is 100 Å². The number of hydrogen-bond acceptors (Lipinski definition) is 11. The zero-order chi connectivity index (χ0) is 40.7. The molecule has 1 aliphatic carbocycles. The third-order valence-corrected chi connectivity index (χ3v) is 8.61. The van der Waals surface area contributed by atoms with Crippen molar-refractivity contribution in [3.63, 3.8) is 0 Å². The molecule has 0 saturated heterocycles. The number of carbonyl (C=O) groups is 4.